The molecule has 2 rings (SSSR count). The second kappa shape index (κ2) is 12.6. The molecule has 0 saturated carbocycles. The van der Waals surface area contributed by atoms with Crippen molar-refractivity contribution in [2.75, 3.05) is 28.2 Å². The van der Waals surface area contributed by atoms with E-state index >= 15 is 0 Å². The maximum atomic E-state index is 13.1. The van der Waals surface area contributed by atoms with Crippen LogP contribution in [0.1, 0.15) is 11.1 Å². The molecule has 0 aromatic heterocycles. The van der Waals surface area contributed by atoms with Crippen LogP contribution in [0, 0.1) is 11.6 Å². The maximum Gasteiger partial charge on any atom is 0.673 e. The van der Waals surface area contributed by atoms with Crippen LogP contribution in [0.5, 0.6) is 0 Å². The van der Waals surface area contributed by atoms with Crippen molar-refractivity contribution in [1.82, 2.24) is 4.90 Å². The van der Waals surface area contributed by atoms with Gasteiger partial charge in [0.05, 0.1) is 0 Å². The topological polar surface area (TPSA) is 6.25 Å². The molecule has 2 aromatic carbocycles. The number of hydrogen-bond donors (Lipinski definition) is 0. The highest BCUT2D eigenvalue weighted by molar-refractivity contribution is 6.50. The third kappa shape index (κ3) is 10.7. The van der Waals surface area contributed by atoms with Gasteiger partial charge in [0, 0.05) is 31.4 Å². The van der Waals surface area contributed by atoms with E-state index in [9.17, 15) is 26.0 Å². The molecule has 0 radical (unpaired) electrons. The Labute approximate surface area is 184 Å². The first kappa shape index (κ1) is 26.8. The Bertz CT molecular complexity index is 963. The number of halogens is 6. The SMILES string of the molecule is CN(C)\C(=C/C=C/C=C/C(c1ccc(F)cc1)=[N+](C)C)c1ccc(F)cc1.F[B-](F)(F)F. The largest absolute Gasteiger partial charge is 0.673 e. The van der Waals surface area contributed by atoms with Gasteiger partial charge in [-0.15, -0.1) is 0 Å². The van der Waals surface area contributed by atoms with Gasteiger partial charge in [0.25, 0.3) is 0 Å². The van der Waals surface area contributed by atoms with E-state index in [0.29, 0.717) is 0 Å². The lowest BCUT2D eigenvalue weighted by atomic mass is 10.1. The van der Waals surface area contributed by atoms with Gasteiger partial charge >= 0.3 is 7.25 Å². The van der Waals surface area contributed by atoms with Crippen LogP contribution in [0.2, 0.25) is 0 Å². The molecule has 0 aliphatic heterocycles. The fourth-order valence-corrected chi connectivity index (χ4v) is 2.61. The summed E-state index contributed by atoms with van der Waals surface area (Å²) in [6, 6.07) is 12.9. The van der Waals surface area contributed by atoms with Crippen molar-refractivity contribution in [3.63, 3.8) is 0 Å². The zero-order chi connectivity index (χ0) is 24.3. The minimum absolute atomic E-state index is 0.247. The molecule has 0 heterocycles. The van der Waals surface area contributed by atoms with Crippen LogP contribution in [0.15, 0.2) is 78.9 Å². The number of benzene rings is 2. The number of rotatable bonds is 6. The standard InChI is InChI=1S/C23H25F2N2.BF4/c1-26(2)22(18-10-14-20(24)15-11-18)8-6-5-7-9-23(27(3)4)19-12-16-21(25)17-13-19;2-1(3,4)5/h5-17H,1-4H3;/q+1;-1. The Morgan fingerprint density at radius 2 is 1.19 bits per heavy atom. The molecule has 172 valence electrons. The first-order valence-corrected chi connectivity index (χ1v) is 9.54. The lowest BCUT2D eigenvalue weighted by Crippen LogP contribution is -2.12. The van der Waals surface area contributed by atoms with Crippen molar-refractivity contribution in [2.24, 2.45) is 0 Å². The molecule has 0 bridgehead atoms. The van der Waals surface area contributed by atoms with Gasteiger partial charge in [-0.05, 0) is 60.2 Å². The third-order valence-electron chi connectivity index (χ3n) is 3.97. The molecule has 0 N–H and O–H groups in total. The summed E-state index contributed by atoms with van der Waals surface area (Å²) < 4.78 is 67.2. The van der Waals surface area contributed by atoms with Gasteiger partial charge in [-0.3, -0.25) is 0 Å². The summed E-state index contributed by atoms with van der Waals surface area (Å²) in [7, 11) is 1.80. The molecule has 0 saturated heterocycles. The predicted octanol–water partition coefficient (Wildman–Crippen LogP) is 6.04. The van der Waals surface area contributed by atoms with Crippen LogP contribution in [-0.2, 0) is 0 Å². The van der Waals surface area contributed by atoms with E-state index < -0.39 is 7.25 Å². The Kier molecular flexibility index (Phi) is 10.5. The lowest BCUT2D eigenvalue weighted by Gasteiger charge is -2.17. The second-order valence-corrected chi connectivity index (χ2v) is 6.98. The summed E-state index contributed by atoms with van der Waals surface area (Å²) in [5, 5.41) is 0. The molecule has 0 amide bonds. The van der Waals surface area contributed by atoms with E-state index in [2.05, 4.69) is 0 Å². The van der Waals surface area contributed by atoms with E-state index in [1.807, 2.05) is 68.0 Å². The van der Waals surface area contributed by atoms with Crippen LogP contribution < -0.4 is 0 Å². The van der Waals surface area contributed by atoms with Gasteiger partial charge in [0.1, 0.15) is 25.7 Å². The molecular weight excluding hydrogens is 429 g/mol. The smallest absolute Gasteiger partial charge is 0.418 e. The highest BCUT2D eigenvalue weighted by atomic mass is 19.5. The van der Waals surface area contributed by atoms with Crippen LogP contribution in [0.3, 0.4) is 0 Å². The normalized spacial score (nSPS) is 12.0. The summed E-state index contributed by atoms with van der Waals surface area (Å²) in [6.45, 7) is 0. The van der Waals surface area contributed by atoms with Gasteiger partial charge in [-0.1, -0.05) is 18.2 Å². The Balaban J connectivity index is 0.000000920. The highest BCUT2D eigenvalue weighted by Crippen LogP contribution is 2.17. The molecule has 0 aliphatic rings. The zero-order valence-electron chi connectivity index (χ0n) is 18.2. The van der Waals surface area contributed by atoms with Gasteiger partial charge < -0.3 is 22.2 Å². The maximum absolute atomic E-state index is 13.1. The fraction of sp³-hybridized carbons (Fsp3) is 0.174. The van der Waals surface area contributed by atoms with Gasteiger partial charge in [-0.25, -0.2) is 13.4 Å². The molecule has 9 heteroatoms. The van der Waals surface area contributed by atoms with E-state index in [1.165, 1.54) is 24.3 Å². The molecule has 0 atom stereocenters. The predicted molar refractivity (Wildman–Crippen MR) is 119 cm³/mol. The van der Waals surface area contributed by atoms with Crippen molar-refractivity contribution in [3.05, 3.63) is 102 Å². The van der Waals surface area contributed by atoms with Crippen molar-refractivity contribution >= 4 is 18.7 Å². The fourth-order valence-electron chi connectivity index (χ4n) is 2.61. The molecule has 0 unspecified atom stereocenters. The monoisotopic (exact) mass is 454 g/mol. The summed E-state index contributed by atoms with van der Waals surface area (Å²) in [5.74, 6) is -0.495. The van der Waals surface area contributed by atoms with Crippen molar-refractivity contribution in [3.8, 4) is 0 Å². The Morgan fingerprint density at radius 3 is 1.59 bits per heavy atom. The summed E-state index contributed by atoms with van der Waals surface area (Å²) in [5.41, 5.74) is 3.86. The zero-order valence-corrected chi connectivity index (χ0v) is 18.2. The van der Waals surface area contributed by atoms with Gasteiger partial charge in [0.15, 0.2) is 0 Å². The number of hydrogen-bond acceptors (Lipinski definition) is 1. The summed E-state index contributed by atoms with van der Waals surface area (Å²) in [4.78, 5) is 1.98. The first-order chi connectivity index (χ1) is 14.9. The molecule has 2 aromatic rings. The second-order valence-electron chi connectivity index (χ2n) is 6.98. The van der Waals surface area contributed by atoms with Gasteiger partial charge in [0.2, 0.25) is 5.71 Å². The van der Waals surface area contributed by atoms with Gasteiger partial charge in [-0.2, -0.15) is 0 Å². The molecule has 32 heavy (non-hydrogen) atoms. The Morgan fingerprint density at radius 1 is 0.750 bits per heavy atom. The van der Waals surface area contributed by atoms with E-state index in [-0.39, 0.29) is 11.6 Å². The van der Waals surface area contributed by atoms with Crippen LogP contribution in [0.25, 0.3) is 5.70 Å². The van der Waals surface area contributed by atoms with E-state index in [1.54, 1.807) is 24.3 Å². The molecule has 0 fully saturated rings. The average molecular weight is 454 g/mol. The average Bonchev–Trinajstić information content (AvgIpc) is 2.68. The minimum atomic E-state index is -6.00. The van der Waals surface area contributed by atoms with Crippen LogP contribution >= 0.6 is 0 Å². The minimum Gasteiger partial charge on any atom is -0.418 e. The van der Waals surface area contributed by atoms with Crippen molar-refractivity contribution < 1.29 is 30.6 Å². The Hall–Kier alpha value is -3.23. The molecular formula is C23H25BF6N2. The number of allylic oxidation sites excluding steroid dienone is 5. The molecule has 2 nitrogen and oxygen atoms in total. The highest BCUT2D eigenvalue weighted by Gasteiger charge is 2.20. The summed E-state index contributed by atoms with van der Waals surface area (Å²) in [6.07, 6.45) is 9.76. The van der Waals surface area contributed by atoms with E-state index in [0.717, 1.165) is 22.5 Å². The summed E-state index contributed by atoms with van der Waals surface area (Å²) >= 11 is 0. The molecule has 0 aliphatic carbocycles. The lowest BCUT2D eigenvalue weighted by molar-refractivity contribution is -0.463. The van der Waals surface area contributed by atoms with E-state index in [4.69, 9.17) is 0 Å². The van der Waals surface area contributed by atoms with Crippen LogP contribution in [-0.4, -0.2) is 50.6 Å². The molecule has 0 spiro atoms. The third-order valence-corrected chi connectivity index (χ3v) is 3.97. The first-order valence-electron chi connectivity index (χ1n) is 9.54. The van der Waals surface area contributed by atoms with Crippen molar-refractivity contribution in [2.45, 2.75) is 0 Å². The van der Waals surface area contributed by atoms with Crippen molar-refractivity contribution in [1.29, 1.82) is 0 Å². The number of nitrogens with zero attached hydrogens (tertiary/aromatic N) is 2. The van der Waals surface area contributed by atoms with Crippen LogP contribution in [0.4, 0.5) is 26.0 Å². The quantitative estimate of drug-likeness (QED) is 0.170.